The van der Waals surface area contributed by atoms with Crippen molar-refractivity contribution in [3.8, 4) is 5.82 Å². The fourth-order valence-electron chi connectivity index (χ4n) is 1.37. The summed E-state index contributed by atoms with van der Waals surface area (Å²) >= 11 is 0. The molecule has 6 nitrogen and oxygen atoms in total. The number of aryl methyl sites for hydroxylation is 1. The van der Waals surface area contributed by atoms with Gasteiger partial charge in [0.25, 0.3) is 5.91 Å². The molecule has 0 unspecified atom stereocenters. The zero-order valence-corrected chi connectivity index (χ0v) is 8.71. The summed E-state index contributed by atoms with van der Waals surface area (Å²) in [6, 6.07) is 4.96. The number of hydrogen-bond donors (Lipinski definition) is 2. The van der Waals surface area contributed by atoms with E-state index in [0.717, 1.165) is 5.69 Å². The van der Waals surface area contributed by atoms with Gasteiger partial charge in [0.15, 0.2) is 5.82 Å². The lowest BCUT2D eigenvalue weighted by atomic mass is 10.2. The maximum absolute atomic E-state index is 11.2. The van der Waals surface area contributed by atoms with Crippen LogP contribution >= 0.6 is 0 Å². The Labute approximate surface area is 91.9 Å². The summed E-state index contributed by atoms with van der Waals surface area (Å²) in [4.78, 5) is 15.4. The summed E-state index contributed by atoms with van der Waals surface area (Å²) in [6.07, 6.45) is 1.63. The average molecular weight is 217 g/mol. The van der Waals surface area contributed by atoms with Crippen molar-refractivity contribution in [2.45, 2.75) is 6.92 Å². The Hall–Kier alpha value is -2.37. The third kappa shape index (κ3) is 1.72. The van der Waals surface area contributed by atoms with Crippen LogP contribution in [0.4, 0.5) is 5.82 Å². The Morgan fingerprint density at radius 1 is 1.38 bits per heavy atom. The first-order valence-corrected chi connectivity index (χ1v) is 4.67. The number of nitrogen functional groups attached to an aromatic ring is 1. The highest BCUT2D eigenvalue weighted by Crippen LogP contribution is 2.12. The van der Waals surface area contributed by atoms with E-state index >= 15 is 0 Å². The molecule has 1 amide bonds. The number of hydrogen-bond acceptors (Lipinski definition) is 4. The van der Waals surface area contributed by atoms with Gasteiger partial charge in [0, 0.05) is 18.0 Å². The highest BCUT2D eigenvalue weighted by atomic mass is 16.1. The molecule has 82 valence electrons. The van der Waals surface area contributed by atoms with E-state index in [0.29, 0.717) is 17.2 Å². The molecule has 2 aromatic rings. The van der Waals surface area contributed by atoms with Crippen LogP contribution in [0.5, 0.6) is 0 Å². The number of pyridine rings is 1. The van der Waals surface area contributed by atoms with E-state index in [1.807, 2.05) is 6.92 Å². The van der Waals surface area contributed by atoms with Crippen LogP contribution < -0.4 is 11.5 Å². The maximum atomic E-state index is 11.2. The first-order chi connectivity index (χ1) is 7.58. The molecule has 4 N–H and O–H groups in total. The molecule has 0 aromatic carbocycles. The van der Waals surface area contributed by atoms with Crippen molar-refractivity contribution in [3.63, 3.8) is 0 Å². The van der Waals surface area contributed by atoms with Crippen molar-refractivity contribution < 1.29 is 4.79 Å². The molecule has 0 bridgehead atoms. The van der Waals surface area contributed by atoms with Crippen molar-refractivity contribution in [1.29, 1.82) is 0 Å². The number of nitrogens with two attached hydrogens (primary N) is 2. The van der Waals surface area contributed by atoms with Gasteiger partial charge < -0.3 is 11.5 Å². The van der Waals surface area contributed by atoms with E-state index in [-0.39, 0.29) is 0 Å². The molecule has 2 rings (SSSR count). The fourth-order valence-corrected chi connectivity index (χ4v) is 1.37. The first kappa shape index (κ1) is 10.2. The summed E-state index contributed by atoms with van der Waals surface area (Å²) in [5, 5.41) is 3.99. The zero-order chi connectivity index (χ0) is 11.7. The lowest BCUT2D eigenvalue weighted by Crippen LogP contribution is -2.16. The quantitative estimate of drug-likeness (QED) is 0.753. The summed E-state index contributed by atoms with van der Waals surface area (Å²) in [6.45, 7) is 1.82. The lowest BCUT2D eigenvalue weighted by molar-refractivity contribution is 0.1000. The van der Waals surface area contributed by atoms with Crippen LogP contribution in [0, 0.1) is 6.92 Å². The molecule has 6 heteroatoms. The van der Waals surface area contributed by atoms with Gasteiger partial charge in [-0.2, -0.15) is 0 Å². The van der Waals surface area contributed by atoms with Gasteiger partial charge in [-0.25, -0.2) is 9.67 Å². The van der Waals surface area contributed by atoms with E-state index in [1.54, 1.807) is 24.4 Å². The van der Waals surface area contributed by atoms with Crippen molar-refractivity contribution in [2.75, 3.05) is 5.73 Å². The molecule has 0 aliphatic rings. The Bertz CT molecular complexity index is 546. The van der Waals surface area contributed by atoms with Crippen LogP contribution in [0.2, 0.25) is 0 Å². The number of anilines is 1. The zero-order valence-electron chi connectivity index (χ0n) is 8.71. The molecule has 0 spiro atoms. The molecule has 0 atom stereocenters. The fraction of sp³-hybridized carbons (Fsp3) is 0.100. The minimum Gasteiger partial charge on any atom is -0.382 e. The number of nitrogens with zero attached hydrogens (tertiary/aromatic N) is 3. The average Bonchev–Trinajstić information content (AvgIpc) is 2.64. The van der Waals surface area contributed by atoms with Crippen molar-refractivity contribution in [1.82, 2.24) is 14.8 Å². The molecule has 0 saturated carbocycles. The van der Waals surface area contributed by atoms with Crippen LogP contribution in [0.3, 0.4) is 0 Å². The SMILES string of the molecule is Cc1ccc(C(N)=O)c(-n2ccc(N)n2)n1. The minimum atomic E-state index is -0.545. The van der Waals surface area contributed by atoms with Crippen molar-refractivity contribution >= 4 is 11.7 Å². The highest BCUT2D eigenvalue weighted by molar-refractivity contribution is 5.95. The van der Waals surface area contributed by atoms with E-state index in [1.165, 1.54) is 4.68 Å². The molecule has 2 aromatic heterocycles. The topological polar surface area (TPSA) is 99.8 Å². The van der Waals surface area contributed by atoms with Gasteiger partial charge in [-0.05, 0) is 19.1 Å². The summed E-state index contributed by atoms with van der Waals surface area (Å²) in [7, 11) is 0. The Kier molecular flexibility index (Phi) is 2.32. The maximum Gasteiger partial charge on any atom is 0.252 e. The number of primary amides is 1. The second-order valence-electron chi connectivity index (χ2n) is 3.37. The van der Waals surface area contributed by atoms with Crippen LogP contribution in [-0.4, -0.2) is 20.7 Å². The molecule has 16 heavy (non-hydrogen) atoms. The van der Waals surface area contributed by atoms with Crippen LogP contribution in [-0.2, 0) is 0 Å². The van der Waals surface area contributed by atoms with Gasteiger partial charge in [0.1, 0.15) is 5.82 Å². The third-order valence-corrected chi connectivity index (χ3v) is 2.11. The molecule has 0 aliphatic carbocycles. The molecule has 0 radical (unpaired) electrons. The number of amides is 1. The van der Waals surface area contributed by atoms with Crippen LogP contribution in [0.15, 0.2) is 24.4 Å². The summed E-state index contributed by atoms with van der Waals surface area (Å²) in [5.41, 5.74) is 11.8. The Morgan fingerprint density at radius 2 is 2.12 bits per heavy atom. The molecule has 0 saturated heterocycles. The highest BCUT2D eigenvalue weighted by Gasteiger charge is 2.12. The van der Waals surface area contributed by atoms with E-state index < -0.39 is 5.91 Å². The number of rotatable bonds is 2. The van der Waals surface area contributed by atoms with Crippen LogP contribution in [0.1, 0.15) is 16.1 Å². The normalized spacial score (nSPS) is 10.3. The monoisotopic (exact) mass is 217 g/mol. The van der Waals surface area contributed by atoms with Gasteiger partial charge in [0.2, 0.25) is 0 Å². The molecule has 0 aliphatic heterocycles. The largest absolute Gasteiger partial charge is 0.382 e. The predicted octanol–water partition coefficient (Wildman–Crippen LogP) is 0.257. The molecule has 2 heterocycles. The van der Waals surface area contributed by atoms with E-state index in [4.69, 9.17) is 11.5 Å². The van der Waals surface area contributed by atoms with Gasteiger partial charge in [-0.15, -0.1) is 5.10 Å². The van der Waals surface area contributed by atoms with E-state index in [2.05, 4.69) is 10.1 Å². The number of aromatic nitrogens is 3. The van der Waals surface area contributed by atoms with Crippen LogP contribution in [0.25, 0.3) is 5.82 Å². The van der Waals surface area contributed by atoms with Gasteiger partial charge >= 0.3 is 0 Å². The lowest BCUT2D eigenvalue weighted by Gasteiger charge is -2.06. The van der Waals surface area contributed by atoms with Gasteiger partial charge in [-0.1, -0.05) is 0 Å². The van der Waals surface area contributed by atoms with Crippen molar-refractivity contribution in [3.05, 3.63) is 35.7 Å². The van der Waals surface area contributed by atoms with Crippen molar-refractivity contribution in [2.24, 2.45) is 5.73 Å². The van der Waals surface area contributed by atoms with Gasteiger partial charge in [-0.3, -0.25) is 4.79 Å². The second kappa shape index (κ2) is 3.65. The Morgan fingerprint density at radius 3 is 2.69 bits per heavy atom. The van der Waals surface area contributed by atoms with E-state index in [9.17, 15) is 4.79 Å². The third-order valence-electron chi connectivity index (χ3n) is 2.11. The first-order valence-electron chi connectivity index (χ1n) is 4.67. The summed E-state index contributed by atoms with van der Waals surface area (Å²) < 4.78 is 1.43. The second-order valence-corrected chi connectivity index (χ2v) is 3.37. The smallest absolute Gasteiger partial charge is 0.252 e. The number of carbonyl (C=O) groups is 1. The standard InChI is InChI=1S/C10H11N5O/c1-6-2-3-7(9(12)16)10(13-6)15-5-4-8(11)14-15/h2-5H,1H3,(H2,11,14)(H2,12,16). The van der Waals surface area contributed by atoms with Gasteiger partial charge in [0.05, 0.1) is 5.56 Å². The Balaban J connectivity index is 2.62. The minimum absolute atomic E-state index is 0.314. The summed E-state index contributed by atoms with van der Waals surface area (Å²) in [5.74, 6) is 0.208. The molecular formula is C10H11N5O. The number of carbonyl (C=O) groups excluding carboxylic acids is 1. The predicted molar refractivity (Wildman–Crippen MR) is 59.0 cm³/mol. The molecular weight excluding hydrogens is 206 g/mol. The molecule has 0 fully saturated rings.